The molecule has 1 amide bonds. The Balaban J connectivity index is 3.00. The fraction of sp³-hybridized carbons (Fsp3) is 0.214. The Morgan fingerprint density at radius 1 is 1.30 bits per heavy atom. The Hall–Kier alpha value is -2.63. The molecule has 106 valence electrons. The third-order valence-corrected chi connectivity index (χ3v) is 2.32. The zero-order valence-electron chi connectivity index (χ0n) is 11.2. The summed E-state index contributed by atoms with van der Waals surface area (Å²) in [6.07, 6.45) is 1.61. The first-order valence-corrected chi connectivity index (χ1v) is 5.93. The van der Waals surface area contributed by atoms with Crippen LogP contribution in [-0.4, -0.2) is 29.4 Å². The number of amides is 1. The van der Waals surface area contributed by atoms with E-state index >= 15 is 0 Å². The van der Waals surface area contributed by atoms with Gasteiger partial charge in [0, 0.05) is 17.7 Å². The number of hydrogen-bond donors (Lipinski definition) is 2. The van der Waals surface area contributed by atoms with Gasteiger partial charge in [-0.1, -0.05) is 0 Å². The van der Waals surface area contributed by atoms with E-state index in [4.69, 9.17) is 9.84 Å². The minimum Gasteiger partial charge on any atom is -0.492 e. The van der Waals surface area contributed by atoms with Crippen LogP contribution in [0.1, 0.15) is 24.2 Å². The molecule has 0 aliphatic rings. The van der Waals surface area contributed by atoms with E-state index in [0.29, 0.717) is 23.6 Å². The number of hydrogen-bond acceptors (Lipinski definition) is 4. The Bertz CT molecular complexity index is 563. The van der Waals surface area contributed by atoms with E-state index in [-0.39, 0.29) is 5.78 Å². The number of Topliss-reactive ketones (excluding diaryl/α,β-unsaturated/α-hetero) is 1. The molecule has 0 saturated carbocycles. The molecule has 0 aliphatic carbocycles. The predicted molar refractivity (Wildman–Crippen MR) is 73.0 cm³/mol. The Morgan fingerprint density at radius 2 is 2.00 bits per heavy atom. The Morgan fingerprint density at radius 3 is 2.55 bits per heavy atom. The van der Waals surface area contributed by atoms with Crippen molar-refractivity contribution in [3.8, 4) is 5.75 Å². The third-order valence-electron chi connectivity index (χ3n) is 2.32. The molecule has 0 fully saturated rings. The zero-order valence-corrected chi connectivity index (χ0v) is 11.2. The van der Waals surface area contributed by atoms with E-state index in [1.807, 2.05) is 0 Å². The molecule has 1 aromatic rings. The van der Waals surface area contributed by atoms with Crippen LogP contribution < -0.4 is 10.1 Å². The van der Waals surface area contributed by atoms with Gasteiger partial charge >= 0.3 is 5.97 Å². The highest BCUT2D eigenvalue weighted by atomic mass is 16.5. The van der Waals surface area contributed by atoms with Crippen molar-refractivity contribution in [2.75, 3.05) is 11.9 Å². The molecule has 2 N–H and O–H groups in total. The third kappa shape index (κ3) is 4.56. The average Bonchev–Trinajstić information content (AvgIpc) is 2.38. The van der Waals surface area contributed by atoms with Crippen LogP contribution in [0.25, 0.3) is 0 Å². The van der Waals surface area contributed by atoms with Gasteiger partial charge in [-0.3, -0.25) is 9.59 Å². The molecule has 0 radical (unpaired) electrons. The molecular weight excluding hydrogens is 262 g/mol. The zero-order chi connectivity index (χ0) is 15.1. The van der Waals surface area contributed by atoms with Crippen LogP contribution in [0, 0.1) is 0 Å². The van der Waals surface area contributed by atoms with Crippen LogP contribution in [0.15, 0.2) is 30.4 Å². The highest BCUT2D eigenvalue weighted by Crippen LogP contribution is 2.26. The van der Waals surface area contributed by atoms with Gasteiger partial charge in [0.2, 0.25) is 5.91 Å². The number of ether oxygens (including phenoxy) is 1. The molecule has 0 spiro atoms. The average molecular weight is 277 g/mol. The number of aliphatic carboxylic acids is 1. The van der Waals surface area contributed by atoms with Gasteiger partial charge in [-0.05, 0) is 32.0 Å². The number of carbonyl (C=O) groups excluding carboxylic acids is 2. The van der Waals surface area contributed by atoms with E-state index in [1.54, 1.807) is 19.1 Å². The van der Waals surface area contributed by atoms with Crippen LogP contribution in [0.5, 0.6) is 5.75 Å². The molecule has 0 bridgehead atoms. The van der Waals surface area contributed by atoms with Gasteiger partial charge in [0.15, 0.2) is 5.78 Å². The normalized spacial score (nSPS) is 10.3. The van der Waals surface area contributed by atoms with Crippen molar-refractivity contribution in [1.29, 1.82) is 0 Å². The molecule has 6 heteroatoms. The standard InChI is InChI=1S/C14H15NO5/c1-3-20-12-5-4-10(9(2)16)8-11(12)15-13(17)6-7-14(18)19/h4-8H,3H2,1-2H3,(H,15,17)(H,18,19). The second-order valence-electron chi connectivity index (χ2n) is 3.86. The van der Waals surface area contributed by atoms with Crippen LogP contribution in [0.2, 0.25) is 0 Å². The summed E-state index contributed by atoms with van der Waals surface area (Å²) in [5.74, 6) is -1.57. The van der Waals surface area contributed by atoms with Crippen molar-refractivity contribution in [3.63, 3.8) is 0 Å². The first kappa shape index (κ1) is 15.4. The number of carboxylic acids is 1. The van der Waals surface area contributed by atoms with Crippen molar-refractivity contribution in [2.45, 2.75) is 13.8 Å². The van der Waals surface area contributed by atoms with E-state index < -0.39 is 11.9 Å². The largest absolute Gasteiger partial charge is 0.492 e. The monoisotopic (exact) mass is 277 g/mol. The van der Waals surface area contributed by atoms with Gasteiger partial charge in [-0.25, -0.2) is 4.79 Å². The van der Waals surface area contributed by atoms with Gasteiger partial charge in [0.1, 0.15) is 5.75 Å². The smallest absolute Gasteiger partial charge is 0.328 e. The van der Waals surface area contributed by atoms with Crippen molar-refractivity contribution in [3.05, 3.63) is 35.9 Å². The minimum absolute atomic E-state index is 0.148. The number of ketones is 1. The lowest BCUT2D eigenvalue weighted by Gasteiger charge is -2.11. The number of carbonyl (C=O) groups is 3. The topological polar surface area (TPSA) is 92.7 Å². The fourth-order valence-corrected chi connectivity index (χ4v) is 1.45. The molecule has 0 aliphatic heterocycles. The summed E-state index contributed by atoms with van der Waals surface area (Å²) < 4.78 is 5.33. The van der Waals surface area contributed by atoms with Gasteiger partial charge in [-0.15, -0.1) is 0 Å². The van der Waals surface area contributed by atoms with E-state index in [0.717, 1.165) is 12.2 Å². The molecule has 1 aromatic carbocycles. The van der Waals surface area contributed by atoms with Crippen molar-refractivity contribution in [2.24, 2.45) is 0 Å². The van der Waals surface area contributed by atoms with Crippen LogP contribution in [-0.2, 0) is 9.59 Å². The summed E-state index contributed by atoms with van der Waals surface area (Å²) in [5, 5.41) is 10.9. The van der Waals surface area contributed by atoms with E-state index in [2.05, 4.69) is 5.32 Å². The molecule has 0 atom stereocenters. The summed E-state index contributed by atoms with van der Waals surface area (Å²) in [4.78, 5) is 33.2. The second kappa shape index (κ2) is 7.08. The summed E-state index contributed by atoms with van der Waals surface area (Å²) in [6.45, 7) is 3.59. The highest BCUT2D eigenvalue weighted by Gasteiger charge is 2.09. The molecule has 0 unspecified atom stereocenters. The predicted octanol–water partition coefficient (Wildman–Crippen LogP) is 1.87. The quantitative estimate of drug-likeness (QED) is 0.611. The summed E-state index contributed by atoms with van der Waals surface area (Å²) in [6, 6.07) is 4.66. The molecule has 1 rings (SSSR count). The lowest BCUT2D eigenvalue weighted by atomic mass is 10.1. The van der Waals surface area contributed by atoms with Gasteiger partial charge in [0.05, 0.1) is 12.3 Å². The molecule has 0 aromatic heterocycles. The number of nitrogens with one attached hydrogen (secondary N) is 1. The summed E-state index contributed by atoms with van der Waals surface area (Å²) in [5.41, 5.74) is 0.741. The second-order valence-corrected chi connectivity index (χ2v) is 3.86. The van der Waals surface area contributed by atoms with Gasteiger partial charge < -0.3 is 15.2 Å². The number of rotatable bonds is 6. The highest BCUT2D eigenvalue weighted by molar-refractivity contribution is 6.04. The maximum Gasteiger partial charge on any atom is 0.328 e. The maximum absolute atomic E-state index is 11.6. The lowest BCUT2D eigenvalue weighted by molar-refractivity contribution is -0.131. The maximum atomic E-state index is 11.6. The molecule has 20 heavy (non-hydrogen) atoms. The number of carboxylic acid groups (broad SMARTS) is 1. The first-order valence-electron chi connectivity index (χ1n) is 5.93. The lowest BCUT2D eigenvalue weighted by Crippen LogP contribution is -2.11. The van der Waals surface area contributed by atoms with Crippen LogP contribution in [0.3, 0.4) is 0 Å². The van der Waals surface area contributed by atoms with Crippen LogP contribution in [0.4, 0.5) is 5.69 Å². The van der Waals surface area contributed by atoms with Crippen molar-refractivity contribution >= 4 is 23.3 Å². The van der Waals surface area contributed by atoms with Gasteiger partial charge in [-0.2, -0.15) is 0 Å². The van der Waals surface area contributed by atoms with Crippen molar-refractivity contribution in [1.82, 2.24) is 0 Å². The SMILES string of the molecule is CCOc1ccc(C(C)=O)cc1NC(=O)C=CC(=O)O. The first-order chi connectivity index (χ1) is 9.43. The molecule has 0 saturated heterocycles. The minimum atomic E-state index is -1.22. The summed E-state index contributed by atoms with van der Waals surface area (Å²) in [7, 11) is 0. The summed E-state index contributed by atoms with van der Waals surface area (Å²) >= 11 is 0. The molecule has 0 heterocycles. The Labute approximate surface area is 116 Å². The van der Waals surface area contributed by atoms with Crippen molar-refractivity contribution < 1.29 is 24.2 Å². The van der Waals surface area contributed by atoms with Crippen LogP contribution >= 0.6 is 0 Å². The van der Waals surface area contributed by atoms with E-state index in [9.17, 15) is 14.4 Å². The van der Waals surface area contributed by atoms with Gasteiger partial charge in [0.25, 0.3) is 0 Å². The van der Waals surface area contributed by atoms with E-state index in [1.165, 1.54) is 13.0 Å². The fourth-order valence-electron chi connectivity index (χ4n) is 1.45. The number of anilines is 1. The molecular formula is C14H15NO5. The number of benzene rings is 1. The molecule has 6 nitrogen and oxygen atoms in total. The Kier molecular flexibility index (Phi) is 5.46.